The third-order valence-corrected chi connectivity index (χ3v) is 4.41. The number of Topliss-reactive ketones (excluding diaryl/α,β-unsaturated/α-hetero) is 1. The van der Waals surface area contributed by atoms with Crippen LogP contribution in [0.5, 0.6) is 0 Å². The Balaban J connectivity index is 2.16. The number of aromatic amines is 1. The van der Waals surface area contributed by atoms with Gasteiger partial charge in [0.1, 0.15) is 0 Å². The molecule has 1 aromatic carbocycles. The van der Waals surface area contributed by atoms with E-state index >= 15 is 0 Å². The fourth-order valence-electron chi connectivity index (χ4n) is 3.13. The van der Waals surface area contributed by atoms with Gasteiger partial charge < -0.3 is 15.0 Å². The lowest BCUT2D eigenvalue weighted by Crippen LogP contribution is -2.31. The zero-order chi connectivity index (χ0) is 18.6. The SMILES string of the molecule is COC(=O)c1c(C)[nH]c(C(=O)CN[C@H](c2ccccc2)C(C)C)c1C. The first-order valence-electron chi connectivity index (χ1n) is 8.45. The number of aromatic nitrogens is 1. The molecular formula is C20H26N2O3. The minimum absolute atomic E-state index is 0.0719. The Kier molecular flexibility index (Phi) is 6.15. The number of ether oxygens (including phenoxy) is 1. The first-order chi connectivity index (χ1) is 11.9. The fraction of sp³-hybridized carbons (Fsp3) is 0.400. The lowest BCUT2D eigenvalue weighted by atomic mass is 9.96. The zero-order valence-corrected chi connectivity index (χ0v) is 15.5. The second-order valence-electron chi connectivity index (χ2n) is 6.55. The van der Waals surface area contributed by atoms with E-state index in [0.29, 0.717) is 28.4 Å². The van der Waals surface area contributed by atoms with Gasteiger partial charge in [0.05, 0.1) is 24.9 Å². The van der Waals surface area contributed by atoms with Crippen molar-refractivity contribution in [2.45, 2.75) is 33.7 Å². The molecule has 0 aliphatic rings. The number of H-pyrrole nitrogens is 1. The first-order valence-corrected chi connectivity index (χ1v) is 8.45. The summed E-state index contributed by atoms with van der Waals surface area (Å²) in [5.74, 6) is -0.160. The number of rotatable bonds is 7. The van der Waals surface area contributed by atoms with Gasteiger partial charge in [0, 0.05) is 11.7 Å². The summed E-state index contributed by atoms with van der Waals surface area (Å²) in [6.07, 6.45) is 0. The van der Waals surface area contributed by atoms with E-state index in [1.807, 2.05) is 18.2 Å². The second kappa shape index (κ2) is 8.12. The molecule has 0 unspecified atom stereocenters. The third kappa shape index (κ3) is 4.17. The zero-order valence-electron chi connectivity index (χ0n) is 15.5. The molecule has 2 N–H and O–H groups in total. The van der Waals surface area contributed by atoms with Crippen LogP contribution in [0.3, 0.4) is 0 Å². The predicted octanol–water partition coefficient (Wildman–Crippen LogP) is 3.59. The van der Waals surface area contributed by atoms with Gasteiger partial charge in [-0.3, -0.25) is 4.79 Å². The Hall–Kier alpha value is -2.40. The molecule has 0 radical (unpaired) electrons. The summed E-state index contributed by atoms with van der Waals surface area (Å²) >= 11 is 0. The number of carbonyl (C=O) groups excluding carboxylic acids is 2. The van der Waals surface area contributed by atoms with E-state index in [1.165, 1.54) is 7.11 Å². The molecule has 2 rings (SSSR count). The molecule has 0 saturated heterocycles. The van der Waals surface area contributed by atoms with Crippen LogP contribution in [0, 0.1) is 19.8 Å². The molecule has 0 aliphatic heterocycles. The van der Waals surface area contributed by atoms with Crippen molar-refractivity contribution in [2.24, 2.45) is 5.92 Å². The summed E-state index contributed by atoms with van der Waals surface area (Å²) in [6.45, 7) is 7.96. The monoisotopic (exact) mass is 342 g/mol. The normalized spacial score (nSPS) is 12.2. The Morgan fingerprint density at radius 2 is 1.80 bits per heavy atom. The molecule has 2 aromatic rings. The van der Waals surface area contributed by atoms with Gasteiger partial charge in [-0.15, -0.1) is 0 Å². The topological polar surface area (TPSA) is 71.2 Å². The summed E-state index contributed by atoms with van der Waals surface area (Å²) < 4.78 is 4.79. The minimum Gasteiger partial charge on any atom is -0.465 e. The van der Waals surface area contributed by atoms with E-state index in [2.05, 4.69) is 36.3 Å². The van der Waals surface area contributed by atoms with Crippen LogP contribution in [0.25, 0.3) is 0 Å². The molecule has 0 bridgehead atoms. The van der Waals surface area contributed by atoms with Crippen molar-refractivity contribution < 1.29 is 14.3 Å². The molecule has 1 heterocycles. The maximum absolute atomic E-state index is 12.7. The summed E-state index contributed by atoms with van der Waals surface area (Å²) in [5, 5.41) is 3.35. The number of nitrogens with one attached hydrogen (secondary N) is 2. The number of aryl methyl sites for hydroxylation is 1. The molecule has 5 nitrogen and oxygen atoms in total. The number of esters is 1. The van der Waals surface area contributed by atoms with Crippen LogP contribution >= 0.6 is 0 Å². The number of hydrogen-bond acceptors (Lipinski definition) is 4. The van der Waals surface area contributed by atoms with E-state index in [0.717, 1.165) is 5.56 Å². The molecule has 1 atom stereocenters. The average molecular weight is 342 g/mol. The van der Waals surface area contributed by atoms with E-state index in [4.69, 9.17) is 4.74 Å². The van der Waals surface area contributed by atoms with Crippen molar-refractivity contribution in [2.75, 3.05) is 13.7 Å². The molecule has 25 heavy (non-hydrogen) atoms. The van der Waals surface area contributed by atoms with E-state index < -0.39 is 5.97 Å². The highest BCUT2D eigenvalue weighted by Gasteiger charge is 2.23. The van der Waals surface area contributed by atoms with Crippen molar-refractivity contribution in [1.82, 2.24) is 10.3 Å². The van der Waals surface area contributed by atoms with Crippen LogP contribution in [0.4, 0.5) is 0 Å². The van der Waals surface area contributed by atoms with Crippen LogP contribution in [0.2, 0.25) is 0 Å². The Bertz CT molecular complexity index is 748. The summed E-state index contributed by atoms with van der Waals surface area (Å²) in [6, 6.07) is 10.2. The van der Waals surface area contributed by atoms with Crippen LogP contribution in [-0.4, -0.2) is 30.4 Å². The Labute approximate surface area is 148 Å². The minimum atomic E-state index is -0.428. The van der Waals surface area contributed by atoms with Crippen molar-refractivity contribution >= 4 is 11.8 Å². The summed E-state index contributed by atoms with van der Waals surface area (Å²) in [5.41, 5.74) is 3.34. The lowest BCUT2D eigenvalue weighted by molar-refractivity contribution is 0.0599. The van der Waals surface area contributed by atoms with Gasteiger partial charge in [-0.2, -0.15) is 0 Å². The molecule has 134 valence electrons. The summed E-state index contributed by atoms with van der Waals surface area (Å²) in [4.78, 5) is 27.5. The maximum Gasteiger partial charge on any atom is 0.339 e. The maximum atomic E-state index is 12.7. The van der Waals surface area contributed by atoms with Gasteiger partial charge in [-0.1, -0.05) is 44.2 Å². The van der Waals surface area contributed by atoms with E-state index in [9.17, 15) is 9.59 Å². The van der Waals surface area contributed by atoms with Crippen molar-refractivity contribution in [1.29, 1.82) is 0 Å². The van der Waals surface area contributed by atoms with Gasteiger partial charge in [-0.25, -0.2) is 4.79 Å². The molecule has 0 fully saturated rings. The molecule has 5 heteroatoms. The standard InChI is InChI=1S/C20H26N2O3/c1-12(2)18(15-9-7-6-8-10-15)21-11-16(23)19-13(3)17(14(4)22-19)20(24)25-5/h6-10,12,18,21-22H,11H2,1-5H3/t18-/m0/s1. The van der Waals surface area contributed by atoms with Crippen molar-refractivity contribution in [3.05, 3.63) is 58.4 Å². The number of ketones is 1. The van der Waals surface area contributed by atoms with Crippen LogP contribution in [0.1, 0.15) is 57.6 Å². The molecule has 0 saturated carbocycles. The van der Waals surface area contributed by atoms with Crippen LogP contribution < -0.4 is 5.32 Å². The lowest BCUT2D eigenvalue weighted by Gasteiger charge is -2.22. The molecule has 0 spiro atoms. The molecular weight excluding hydrogens is 316 g/mol. The predicted molar refractivity (Wildman–Crippen MR) is 98.0 cm³/mol. The van der Waals surface area contributed by atoms with Crippen molar-refractivity contribution in [3.63, 3.8) is 0 Å². The van der Waals surface area contributed by atoms with Gasteiger partial charge >= 0.3 is 5.97 Å². The average Bonchev–Trinajstić information content (AvgIpc) is 2.89. The van der Waals surface area contributed by atoms with E-state index in [1.54, 1.807) is 13.8 Å². The fourth-order valence-corrected chi connectivity index (χ4v) is 3.13. The highest BCUT2D eigenvalue weighted by Crippen LogP contribution is 2.22. The van der Waals surface area contributed by atoms with Gasteiger partial charge in [0.25, 0.3) is 0 Å². The third-order valence-electron chi connectivity index (χ3n) is 4.41. The van der Waals surface area contributed by atoms with Crippen LogP contribution in [0.15, 0.2) is 30.3 Å². The summed E-state index contributed by atoms with van der Waals surface area (Å²) in [7, 11) is 1.34. The largest absolute Gasteiger partial charge is 0.465 e. The van der Waals surface area contributed by atoms with Crippen molar-refractivity contribution in [3.8, 4) is 0 Å². The number of methoxy groups -OCH3 is 1. The molecule has 0 amide bonds. The first kappa shape index (κ1) is 18.9. The Morgan fingerprint density at radius 3 is 2.36 bits per heavy atom. The highest BCUT2D eigenvalue weighted by molar-refractivity contribution is 6.02. The second-order valence-corrected chi connectivity index (χ2v) is 6.55. The van der Waals surface area contributed by atoms with Gasteiger partial charge in [0.2, 0.25) is 0 Å². The van der Waals surface area contributed by atoms with E-state index in [-0.39, 0.29) is 18.4 Å². The molecule has 0 aliphatic carbocycles. The van der Waals surface area contributed by atoms with Crippen LogP contribution in [-0.2, 0) is 4.74 Å². The molecule has 1 aromatic heterocycles. The van der Waals surface area contributed by atoms with Gasteiger partial charge in [0.15, 0.2) is 5.78 Å². The van der Waals surface area contributed by atoms with Gasteiger partial charge in [-0.05, 0) is 30.9 Å². The Morgan fingerprint density at radius 1 is 1.16 bits per heavy atom. The quantitative estimate of drug-likeness (QED) is 0.596. The number of carbonyl (C=O) groups is 2. The number of benzene rings is 1. The smallest absolute Gasteiger partial charge is 0.339 e. The highest BCUT2D eigenvalue weighted by atomic mass is 16.5. The number of hydrogen-bond donors (Lipinski definition) is 2.